The molecule has 0 unspecified atom stereocenters. The van der Waals surface area contributed by atoms with Crippen LogP contribution in [-0.2, 0) is 14.3 Å². The number of rotatable bonds is 4. The standard InChI is InChI=1S/C20H26N4O3S/c1-14(25)23-20(7-3-2-4-8-20)18(26)21-15-5-6-16-17(13-15)28-19(22-16)24-9-11-27-12-10-24/h5-6,13H,2-4,7-12H2,1H3,(H,21,26)(H,23,25). The number of carbonyl (C=O) groups excluding carboxylic acids is 2. The molecule has 1 saturated heterocycles. The summed E-state index contributed by atoms with van der Waals surface area (Å²) in [5, 5.41) is 6.94. The highest BCUT2D eigenvalue weighted by Gasteiger charge is 2.40. The Balaban J connectivity index is 1.53. The Morgan fingerprint density at radius 3 is 2.64 bits per heavy atom. The van der Waals surface area contributed by atoms with E-state index in [1.807, 2.05) is 18.2 Å². The number of thiazole rings is 1. The lowest BCUT2D eigenvalue weighted by Crippen LogP contribution is -2.57. The molecule has 2 aliphatic rings. The third kappa shape index (κ3) is 3.98. The van der Waals surface area contributed by atoms with Gasteiger partial charge in [-0.1, -0.05) is 30.6 Å². The first kappa shape index (κ1) is 19.1. The molecule has 1 saturated carbocycles. The van der Waals surface area contributed by atoms with Crippen LogP contribution in [-0.4, -0.2) is 48.6 Å². The van der Waals surface area contributed by atoms with Crippen LogP contribution in [0.3, 0.4) is 0 Å². The van der Waals surface area contributed by atoms with E-state index in [0.29, 0.717) is 12.8 Å². The van der Waals surface area contributed by atoms with Crippen LogP contribution >= 0.6 is 11.3 Å². The van der Waals surface area contributed by atoms with Gasteiger partial charge in [0.15, 0.2) is 5.13 Å². The Kier molecular flexibility index (Phi) is 5.50. The van der Waals surface area contributed by atoms with Gasteiger partial charge in [0.2, 0.25) is 11.8 Å². The molecule has 2 aromatic rings. The number of morpholine rings is 1. The number of ether oxygens (including phenoxy) is 1. The number of anilines is 2. The lowest BCUT2D eigenvalue weighted by molar-refractivity contribution is -0.130. The molecule has 0 bridgehead atoms. The highest BCUT2D eigenvalue weighted by Crippen LogP contribution is 2.33. The summed E-state index contributed by atoms with van der Waals surface area (Å²) >= 11 is 1.63. The van der Waals surface area contributed by atoms with Crippen molar-refractivity contribution in [3.05, 3.63) is 18.2 Å². The number of hydrogen-bond acceptors (Lipinski definition) is 6. The molecule has 0 radical (unpaired) electrons. The number of hydrogen-bond donors (Lipinski definition) is 2. The van der Waals surface area contributed by atoms with Crippen LogP contribution in [0.25, 0.3) is 10.2 Å². The van der Waals surface area contributed by atoms with Crippen molar-refractivity contribution in [1.82, 2.24) is 10.3 Å². The first-order valence-corrected chi connectivity index (χ1v) is 10.7. The van der Waals surface area contributed by atoms with Crippen molar-refractivity contribution in [2.75, 3.05) is 36.5 Å². The lowest BCUT2D eigenvalue weighted by atomic mass is 9.80. The van der Waals surface area contributed by atoms with E-state index >= 15 is 0 Å². The fourth-order valence-electron chi connectivity index (χ4n) is 4.03. The predicted molar refractivity (Wildman–Crippen MR) is 111 cm³/mol. The number of amides is 2. The van der Waals surface area contributed by atoms with E-state index in [-0.39, 0.29) is 11.8 Å². The molecule has 1 aliphatic heterocycles. The topological polar surface area (TPSA) is 83.6 Å². The quantitative estimate of drug-likeness (QED) is 0.822. The molecule has 150 valence electrons. The van der Waals surface area contributed by atoms with Gasteiger partial charge >= 0.3 is 0 Å². The molecule has 2 heterocycles. The number of benzene rings is 1. The molecule has 7 nitrogen and oxygen atoms in total. The summed E-state index contributed by atoms with van der Waals surface area (Å²) in [5.74, 6) is -0.287. The molecule has 0 spiro atoms. The van der Waals surface area contributed by atoms with Gasteiger partial charge in [-0.05, 0) is 31.0 Å². The lowest BCUT2D eigenvalue weighted by Gasteiger charge is -2.36. The number of nitrogens with one attached hydrogen (secondary N) is 2. The van der Waals surface area contributed by atoms with Crippen molar-refractivity contribution in [1.29, 1.82) is 0 Å². The second-order valence-electron chi connectivity index (χ2n) is 7.56. The minimum Gasteiger partial charge on any atom is -0.378 e. The van der Waals surface area contributed by atoms with Crippen LogP contribution in [0.5, 0.6) is 0 Å². The third-order valence-corrected chi connectivity index (χ3v) is 6.55. The predicted octanol–water partition coefficient (Wildman–Crippen LogP) is 2.91. The average molecular weight is 403 g/mol. The summed E-state index contributed by atoms with van der Waals surface area (Å²) < 4.78 is 6.45. The molecule has 2 N–H and O–H groups in total. The molecule has 2 amide bonds. The van der Waals surface area contributed by atoms with Crippen LogP contribution in [0.15, 0.2) is 18.2 Å². The van der Waals surface area contributed by atoms with E-state index in [1.165, 1.54) is 6.92 Å². The Hall–Kier alpha value is -2.19. The molecule has 2 fully saturated rings. The van der Waals surface area contributed by atoms with Crippen molar-refractivity contribution in [3.8, 4) is 0 Å². The van der Waals surface area contributed by atoms with E-state index in [2.05, 4.69) is 15.5 Å². The zero-order valence-electron chi connectivity index (χ0n) is 16.1. The van der Waals surface area contributed by atoms with E-state index in [9.17, 15) is 9.59 Å². The van der Waals surface area contributed by atoms with Gasteiger partial charge in [-0.25, -0.2) is 4.98 Å². The van der Waals surface area contributed by atoms with Crippen molar-refractivity contribution in [3.63, 3.8) is 0 Å². The van der Waals surface area contributed by atoms with Gasteiger partial charge in [-0.15, -0.1) is 0 Å². The van der Waals surface area contributed by atoms with Gasteiger partial charge in [-0.2, -0.15) is 0 Å². The zero-order chi connectivity index (χ0) is 19.6. The number of aromatic nitrogens is 1. The Bertz CT molecular complexity index is 869. The Morgan fingerprint density at radius 1 is 1.18 bits per heavy atom. The zero-order valence-corrected chi connectivity index (χ0v) is 16.9. The SMILES string of the molecule is CC(=O)NC1(C(=O)Nc2ccc3nc(N4CCOCC4)sc3c2)CCCCC1. The second kappa shape index (κ2) is 8.05. The normalized spacial score (nSPS) is 19.4. The largest absolute Gasteiger partial charge is 0.378 e. The first-order chi connectivity index (χ1) is 13.6. The number of carbonyl (C=O) groups is 2. The van der Waals surface area contributed by atoms with Gasteiger partial charge in [0.25, 0.3) is 0 Å². The van der Waals surface area contributed by atoms with Gasteiger partial charge < -0.3 is 20.3 Å². The molecule has 1 aromatic heterocycles. The van der Waals surface area contributed by atoms with Crippen LogP contribution in [0.1, 0.15) is 39.0 Å². The summed E-state index contributed by atoms with van der Waals surface area (Å²) in [6.07, 6.45) is 4.37. The minimum atomic E-state index is -0.800. The van der Waals surface area contributed by atoms with Crippen LogP contribution in [0.4, 0.5) is 10.8 Å². The van der Waals surface area contributed by atoms with Crippen molar-refractivity contribution >= 4 is 44.2 Å². The molecule has 8 heteroatoms. The Morgan fingerprint density at radius 2 is 1.93 bits per heavy atom. The maximum atomic E-state index is 13.1. The molecule has 4 rings (SSSR count). The van der Waals surface area contributed by atoms with Crippen molar-refractivity contribution in [2.45, 2.75) is 44.6 Å². The van der Waals surface area contributed by atoms with Crippen LogP contribution < -0.4 is 15.5 Å². The highest BCUT2D eigenvalue weighted by atomic mass is 32.1. The van der Waals surface area contributed by atoms with E-state index < -0.39 is 5.54 Å². The summed E-state index contributed by atoms with van der Waals surface area (Å²) in [4.78, 5) is 31.7. The molecule has 1 aliphatic carbocycles. The van der Waals surface area contributed by atoms with Crippen LogP contribution in [0, 0.1) is 0 Å². The molecule has 1 aromatic carbocycles. The smallest absolute Gasteiger partial charge is 0.250 e. The molecule has 28 heavy (non-hydrogen) atoms. The molecular formula is C20H26N4O3S. The fraction of sp³-hybridized carbons (Fsp3) is 0.550. The highest BCUT2D eigenvalue weighted by molar-refractivity contribution is 7.22. The molecule has 0 atom stereocenters. The fourth-order valence-corrected chi connectivity index (χ4v) is 5.09. The minimum absolute atomic E-state index is 0.125. The summed E-state index contributed by atoms with van der Waals surface area (Å²) in [6.45, 7) is 4.62. The van der Waals surface area contributed by atoms with E-state index in [0.717, 1.165) is 66.6 Å². The summed E-state index contributed by atoms with van der Waals surface area (Å²) in [7, 11) is 0. The second-order valence-corrected chi connectivity index (χ2v) is 8.57. The third-order valence-electron chi connectivity index (χ3n) is 5.47. The van der Waals surface area contributed by atoms with E-state index in [4.69, 9.17) is 9.72 Å². The summed E-state index contributed by atoms with van der Waals surface area (Å²) in [5.41, 5.74) is 0.870. The summed E-state index contributed by atoms with van der Waals surface area (Å²) in [6, 6.07) is 5.80. The average Bonchev–Trinajstić information content (AvgIpc) is 3.12. The van der Waals surface area contributed by atoms with Gasteiger partial charge in [0.1, 0.15) is 5.54 Å². The number of fused-ring (bicyclic) bond motifs is 1. The van der Waals surface area contributed by atoms with Gasteiger partial charge in [0, 0.05) is 25.7 Å². The van der Waals surface area contributed by atoms with Gasteiger partial charge in [0.05, 0.1) is 23.4 Å². The van der Waals surface area contributed by atoms with Crippen molar-refractivity contribution in [2.24, 2.45) is 0 Å². The van der Waals surface area contributed by atoms with Crippen LogP contribution in [0.2, 0.25) is 0 Å². The maximum Gasteiger partial charge on any atom is 0.250 e. The maximum absolute atomic E-state index is 13.1. The van der Waals surface area contributed by atoms with Gasteiger partial charge in [-0.3, -0.25) is 9.59 Å². The monoisotopic (exact) mass is 402 g/mol. The molecular weight excluding hydrogens is 376 g/mol. The Labute approximate surface area is 168 Å². The van der Waals surface area contributed by atoms with Crippen molar-refractivity contribution < 1.29 is 14.3 Å². The van der Waals surface area contributed by atoms with E-state index in [1.54, 1.807) is 11.3 Å². The number of nitrogens with zero attached hydrogens (tertiary/aromatic N) is 2. The first-order valence-electron chi connectivity index (χ1n) is 9.89.